The van der Waals surface area contributed by atoms with E-state index >= 15 is 4.39 Å². The number of urea groups is 1. The van der Waals surface area contributed by atoms with Crippen LogP contribution in [0.1, 0.15) is 6.92 Å². The number of carbonyl (C=O) groups is 3. The lowest BCUT2D eigenvalue weighted by Gasteiger charge is -2.36. The van der Waals surface area contributed by atoms with Gasteiger partial charge in [-0.1, -0.05) is 0 Å². The molecule has 14 heteroatoms. The molecule has 2 aliphatic heterocycles. The Morgan fingerprint density at radius 3 is 2.49 bits per heavy atom. The van der Waals surface area contributed by atoms with Crippen LogP contribution in [-0.4, -0.2) is 118 Å². The molecule has 0 radical (unpaired) electrons. The quantitative estimate of drug-likeness (QED) is 0.439. The second-order valence-corrected chi connectivity index (χ2v) is 8.83. The van der Waals surface area contributed by atoms with E-state index in [9.17, 15) is 23.2 Å². The number of piperazine rings is 1. The molecule has 2 saturated heterocycles. The minimum Gasteiger partial charge on any atom is -0.442 e. The molecule has 11 nitrogen and oxygen atoms in total. The fraction of sp³-hybridized carbons (Fsp3) is 0.609. The first-order valence-corrected chi connectivity index (χ1v) is 12.2. The maximum absolute atomic E-state index is 15.1. The Labute approximate surface area is 214 Å². The highest BCUT2D eigenvalue weighted by molar-refractivity contribution is 5.90. The molecule has 0 spiro atoms. The molecule has 1 aromatic carbocycles. The summed E-state index contributed by atoms with van der Waals surface area (Å²) in [6, 6.07) is 4.17. The van der Waals surface area contributed by atoms with Crippen LogP contribution in [0.4, 0.5) is 34.1 Å². The van der Waals surface area contributed by atoms with Crippen molar-refractivity contribution in [2.45, 2.75) is 19.5 Å². The van der Waals surface area contributed by atoms with E-state index in [-0.39, 0.29) is 24.8 Å². The third kappa shape index (κ3) is 7.16. The summed E-state index contributed by atoms with van der Waals surface area (Å²) in [4.78, 5) is 43.1. The number of nitrogens with zero attached hydrogens (tertiary/aromatic N) is 5. The lowest BCUT2D eigenvalue weighted by molar-refractivity contribution is -0.132. The number of benzene rings is 1. The summed E-state index contributed by atoms with van der Waals surface area (Å²) < 4.78 is 44.9. The number of cyclic esters (lactones) is 1. The number of hydrogen-bond donors (Lipinski definition) is 2. The molecular weight excluding hydrogens is 495 g/mol. The SMILES string of the molecule is CCN(CCN(NC)C(=O)N1CCN(C)CC1)c1ccc(N2C[C@H](CNC(=O)C(F)F)OC2=O)cc1F. The number of anilines is 2. The van der Waals surface area contributed by atoms with Crippen LogP contribution < -0.4 is 20.5 Å². The summed E-state index contributed by atoms with van der Waals surface area (Å²) in [6.45, 7) is 5.62. The van der Waals surface area contributed by atoms with E-state index in [1.54, 1.807) is 29.0 Å². The fourth-order valence-electron chi connectivity index (χ4n) is 4.19. The first-order chi connectivity index (χ1) is 17.6. The first kappa shape index (κ1) is 28.3. The van der Waals surface area contributed by atoms with Gasteiger partial charge in [-0.15, -0.1) is 0 Å². The fourth-order valence-corrected chi connectivity index (χ4v) is 4.19. The molecule has 3 rings (SSSR count). The zero-order valence-corrected chi connectivity index (χ0v) is 21.3. The number of halogens is 3. The monoisotopic (exact) mass is 529 g/mol. The molecule has 37 heavy (non-hydrogen) atoms. The second kappa shape index (κ2) is 12.8. The van der Waals surface area contributed by atoms with Crippen molar-refractivity contribution >= 4 is 29.4 Å². The molecule has 0 saturated carbocycles. The molecule has 1 aromatic rings. The summed E-state index contributed by atoms with van der Waals surface area (Å²) in [7, 11) is 3.68. The number of likely N-dealkylation sites (N-methyl/N-ethyl adjacent to an activating group) is 2. The predicted octanol–water partition coefficient (Wildman–Crippen LogP) is 1.16. The van der Waals surface area contributed by atoms with E-state index in [4.69, 9.17) is 4.74 Å². The minimum atomic E-state index is -3.17. The van der Waals surface area contributed by atoms with E-state index in [0.29, 0.717) is 38.4 Å². The van der Waals surface area contributed by atoms with Gasteiger partial charge < -0.3 is 24.8 Å². The Bertz CT molecular complexity index is 962. The third-order valence-electron chi connectivity index (χ3n) is 6.41. The van der Waals surface area contributed by atoms with Gasteiger partial charge >= 0.3 is 18.5 Å². The van der Waals surface area contributed by atoms with Gasteiger partial charge in [-0.25, -0.2) is 19.4 Å². The number of alkyl halides is 2. The average Bonchev–Trinajstić information content (AvgIpc) is 3.26. The number of amides is 4. The van der Waals surface area contributed by atoms with Gasteiger partial charge in [0.25, 0.3) is 5.91 Å². The lowest BCUT2D eigenvalue weighted by Crippen LogP contribution is -2.56. The molecule has 0 aliphatic carbocycles. The number of nitrogens with one attached hydrogen (secondary N) is 2. The molecule has 2 N–H and O–H groups in total. The topological polar surface area (TPSA) is 101 Å². The standard InChI is InChI=1S/C23H34F3N7O4/c1-4-30(11-12-33(27-2)22(35)31-9-7-29(3)8-10-31)19-6-5-16(13-18(19)24)32-15-17(37-23(32)36)14-28-21(34)20(25)26/h5-6,13,17,20,27H,4,7-12,14-15H2,1-3H3,(H,28,34)/t17-/m0/s1. The maximum atomic E-state index is 15.1. The van der Waals surface area contributed by atoms with Gasteiger partial charge in [-0.2, -0.15) is 8.78 Å². The molecule has 1 atom stereocenters. The van der Waals surface area contributed by atoms with Crippen LogP contribution in [0.3, 0.4) is 0 Å². The minimum absolute atomic E-state index is 0.0236. The third-order valence-corrected chi connectivity index (χ3v) is 6.41. The zero-order chi connectivity index (χ0) is 27.1. The molecule has 0 aromatic heterocycles. The van der Waals surface area contributed by atoms with Crippen LogP contribution in [0.25, 0.3) is 0 Å². The van der Waals surface area contributed by atoms with E-state index in [2.05, 4.69) is 10.3 Å². The molecular formula is C23H34F3N7O4. The second-order valence-electron chi connectivity index (χ2n) is 8.83. The van der Waals surface area contributed by atoms with Crippen LogP contribution in [-0.2, 0) is 9.53 Å². The zero-order valence-electron chi connectivity index (χ0n) is 21.3. The number of hydrogen-bond acceptors (Lipinski definition) is 7. The van der Waals surface area contributed by atoms with Crippen molar-refractivity contribution in [3.8, 4) is 0 Å². The Kier molecular flexibility index (Phi) is 9.80. The highest BCUT2D eigenvalue weighted by atomic mass is 19.3. The average molecular weight is 530 g/mol. The van der Waals surface area contributed by atoms with Gasteiger partial charge in [0, 0.05) is 46.3 Å². The number of ether oxygens (including phenoxy) is 1. The molecule has 206 valence electrons. The van der Waals surface area contributed by atoms with E-state index < -0.39 is 30.3 Å². The lowest BCUT2D eigenvalue weighted by atomic mass is 10.2. The van der Waals surface area contributed by atoms with Gasteiger partial charge in [-0.05, 0) is 32.2 Å². The van der Waals surface area contributed by atoms with Crippen molar-refractivity contribution in [2.24, 2.45) is 0 Å². The summed E-state index contributed by atoms with van der Waals surface area (Å²) in [5, 5.41) is 3.51. The normalized spacial score (nSPS) is 18.2. The van der Waals surface area contributed by atoms with Crippen LogP contribution in [0.15, 0.2) is 18.2 Å². The molecule has 4 amide bonds. The number of carbonyl (C=O) groups excluding carboxylic acids is 3. The smallest absolute Gasteiger partial charge is 0.414 e. The summed E-state index contributed by atoms with van der Waals surface area (Å²) in [5.74, 6) is -2.02. The maximum Gasteiger partial charge on any atom is 0.414 e. The van der Waals surface area contributed by atoms with Crippen molar-refractivity contribution in [1.82, 2.24) is 25.6 Å². The molecule has 0 unspecified atom stereocenters. The van der Waals surface area contributed by atoms with Crippen molar-refractivity contribution < 1.29 is 32.3 Å². The molecule has 2 aliphatic rings. The van der Waals surface area contributed by atoms with E-state index in [1.807, 2.05) is 19.3 Å². The van der Waals surface area contributed by atoms with Crippen LogP contribution in [0, 0.1) is 5.82 Å². The molecule has 2 fully saturated rings. The Morgan fingerprint density at radius 2 is 1.89 bits per heavy atom. The van der Waals surface area contributed by atoms with Crippen molar-refractivity contribution in [3.63, 3.8) is 0 Å². The van der Waals surface area contributed by atoms with Crippen LogP contribution in [0.2, 0.25) is 0 Å². The van der Waals surface area contributed by atoms with Crippen LogP contribution in [0.5, 0.6) is 0 Å². The van der Waals surface area contributed by atoms with E-state index in [0.717, 1.165) is 13.1 Å². The van der Waals surface area contributed by atoms with Crippen molar-refractivity contribution in [1.29, 1.82) is 0 Å². The first-order valence-electron chi connectivity index (χ1n) is 12.2. The highest BCUT2D eigenvalue weighted by Gasteiger charge is 2.33. The van der Waals surface area contributed by atoms with Gasteiger partial charge in [0.05, 0.1) is 31.0 Å². The number of hydrazine groups is 1. The highest BCUT2D eigenvalue weighted by Crippen LogP contribution is 2.28. The molecule has 0 bridgehead atoms. The van der Waals surface area contributed by atoms with E-state index in [1.165, 1.54) is 16.0 Å². The van der Waals surface area contributed by atoms with Gasteiger partial charge in [-0.3, -0.25) is 14.7 Å². The predicted molar refractivity (Wildman–Crippen MR) is 131 cm³/mol. The summed E-state index contributed by atoms with van der Waals surface area (Å²) in [6.07, 6.45) is -4.76. The summed E-state index contributed by atoms with van der Waals surface area (Å²) >= 11 is 0. The van der Waals surface area contributed by atoms with Crippen molar-refractivity contribution in [3.05, 3.63) is 24.0 Å². The Morgan fingerprint density at radius 1 is 1.19 bits per heavy atom. The van der Waals surface area contributed by atoms with Crippen molar-refractivity contribution in [2.75, 3.05) is 82.8 Å². The molecule has 2 heterocycles. The van der Waals surface area contributed by atoms with Crippen LogP contribution >= 0.6 is 0 Å². The largest absolute Gasteiger partial charge is 0.442 e. The Hall–Kier alpha value is -3.26. The van der Waals surface area contributed by atoms with Gasteiger partial charge in [0.15, 0.2) is 0 Å². The van der Waals surface area contributed by atoms with Gasteiger partial charge in [0.1, 0.15) is 11.9 Å². The Balaban J connectivity index is 1.60. The number of rotatable bonds is 10. The van der Waals surface area contributed by atoms with Gasteiger partial charge in [0.2, 0.25) is 0 Å². The summed E-state index contributed by atoms with van der Waals surface area (Å²) in [5.41, 5.74) is 3.47.